The molecule has 0 aliphatic carbocycles. The molecule has 1 aliphatic heterocycles. The number of fused-ring (bicyclic) bond motifs is 1. The van der Waals surface area contributed by atoms with Crippen LogP contribution in [0.15, 0.2) is 59.4 Å². The number of nitrogens with one attached hydrogen (secondary N) is 4. The van der Waals surface area contributed by atoms with Crippen LogP contribution in [0.5, 0.6) is 0 Å². The van der Waals surface area contributed by atoms with Crippen LogP contribution < -0.4 is 21.5 Å². The van der Waals surface area contributed by atoms with E-state index < -0.39 is 23.3 Å². The summed E-state index contributed by atoms with van der Waals surface area (Å²) in [6.07, 6.45) is -0.157. The molecule has 0 saturated heterocycles. The van der Waals surface area contributed by atoms with Crippen molar-refractivity contribution in [2.45, 2.75) is 12.3 Å². The van der Waals surface area contributed by atoms with Gasteiger partial charge >= 0.3 is 0 Å². The van der Waals surface area contributed by atoms with Crippen molar-refractivity contribution in [2.75, 3.05) is 16.0 Å². The number of rotatable bonds is 4. The number of H-pyrrole nitrogens is 1. The number of hydrogen-bond acceptors (Lipinski definition) is 5. The fourth-order valence-electron chi connectivity index (χ4n) is 3.11. The Morgan fingerprint density at radius 1 is 1.07 bits per heavy atom. The largest absolute Gasteiger partial charge is 0.326 e. The Morgan fingerprint density at radius 3 is 2.59 bits per heavy atom. The molecule has 0 fully saturated rings. The van der Waals surface area contributed by atoms with Crippen molar-refractivity contribution in [1.82, 2.24) is 9.97 Å². The number of aromatic nitrogens is 2. The van der Waals surface area contributed by atoms with Gasteiger partial charge in [-0.3, -0.25) is 19.4 Å². The maximum atomic E-state index is 12.8. The summed E-state index contributed by atoms with van der Waals surface area (Å²) in [7, 11) is 0. The number of carbonyl (C=O) groups excluding carboxylic acids is 2. The summed E-state index contributed by atoms with van der Waals surface area (Å²) in [5, 5.41) is 8.70. The quantitative estimate of drug-likeness (QED) is 0.528. The van der Waals surface area contributed by atoms with Crippen LogP contribution >= 0.6 is 11.6 Å². The number of aromatic amines is 1. The molecule has 0 unspecified atom stereocenters. The molecule has 2 aromatic carbocycles. The highest BCUT2D eigenvalue weighted by Gasteiger charge is 2.34. The lowest BCUT2D eigenvalue weighted by atomic mass is 9.92. The molecule has 2 heterocycles. The van der Waals surface area contributed by atoms with Crippen molar-refractivity contribution >= 4 is 46.6 Å². The average Bonchev–Trinajstić information content (AvgIpc) is 2.67. The third kappa shape index (κ3) is 4.12. The van der Waals surface area contributed by atoms with E-state index in [9.17, 15) is 14.4 Å². The fourth-order valence-corrected chi connectivity index (χ4v) is 3.30. The zero-order valence-electron chi connectivity index (χ0n) is 15.0. The fraction of sp³-hybridized carbons (Fsp3) is 0.100. The van der Waals surface area contributed by atoms with Gasteiger partial charge in [0.25, 0.3) is 5.56 Å². The first-order valence-electron chi connectivity index (χ1n) is 8.82. The third-order valence-corrected chi connectivity index (χ3v) is 4.63. The number of hydrogen-bond donors (Lipinski definition) is 4. The number of halogens is 1. The van der Waals surface area contributed by atoms with E-state index in [0.29, 0.717) is 16.4 Å². The molecule has 3 aromatic rings. The summed E-state index contributed by atoms with van der Waals surface area (Å²) in [6.45, 7) is 0. The highest BCUT2D eigenvalue weighted by molar-refractivity contribution is 6.30. The maximum Gasteiger partial charge on any atom is 0.258 e. The smallest absolute Gasteiger partial charge is 0.258 e. The first-order valence-corrected chi connectivity index (χ1v) is 9.20. The van der Waals surface area contributed by atoms with Crippen LogP contribution in [-0.4, -0.2) is 21.8 Å². The summed E-state index contributed by atoms with van der Waals surface area (Å²) in [5.41, 5.74) is 0.803. The van der Waals surface area contributed by atoms with Crippen molar-refractivity contribution in [3.05, 3.63) is 75.5 Å². The predicted molar refractivity (Wildman–Crippen MR) is 111 cm³/mol. The number of nitrogens with zero attached hydrogens (tertiary/aromatic N) is 1. The summed E-state index contributed by atoms with van der Waals surface area (Å²) in [5.74, 6) is -1.63. The molecule has 146 valence electrons. The second-order valence-corrected chi connectivity index (χ2v) is 6.91. The minimum absolute atomic E-state index is 0.0645. The molecular weight excluding hydrogens is 394 g/mol. The Labute approximate surface area is 170 Å². The van der Waals surface area contributed by atoms with Gasteiger partial charge in [0, 0.05) is 22.8 Å². The Balaban J connectivity index is 1.64. The number of carbonyl (C=O) groups is 2. The normalized spacial score (nSPS) is 15.2. The molecule has 0 radical (unpaired) electrons. The van der Waals surface area contributed by atoms with E-state index in [2.05, 4.69) is 25.9 Å². The van der Waals surface area contributed by atoms with Crippen LogP contribution in [0.4, 0.5) is 23.1 Å². The maximum absolute atomic E-state index is 12.8. The topological polar surface area (TPSA) is 116 Å². The molecule has 0 spiro atoms. The Bertz CT molecular complexity index is 1150. The first kappa shape index (κ1) is 18.7. The summed E-state index contributed by atoms with van der Waals surface area (Å²) >= 11 is 5.94. The van der Waals surface area contributed by atoms with Crippen molar-refractivity contribution in [2.24, 2.45) is 0 Å². The molecular formula is C20H16ClN5O3. The van der Waals surface area contributed by atoms with Crippen molar-refractivity contribution in [1.29, 1.82) is 0 Å². The van der Waals surface area contributed by atoms with Gasteiger partial charge in [0.1, 0.15) is 5.82 Å². The van der Waals surface area contributed by atoms with E-state index in [1.54, 1.807) is 36.4 Å². The zero-order valence-corrected chi connectivity index (χ0v) is 15.8. The van der Waals surface area contributed by atoms with E-state index in [1.807, 2.05) is 18.2 Å². The lowest BCUT2D eigenvalue weighted by Crippen LogP contribution is -2.36. The minimum Gasteiger partial charge on any atom is -0.326 e. The van der Waals surface area contributed by atoms with Gasteiger partial charge < -0.3 is 16.0 Å². The summed E-state index contributed by atoms with van der Waals surface area (Å²) < 4.78 is 0. The molecule has 1 aromatic heterocycles. The second kappa shape index (κ2) is 7.76. The predicted octanol–water partition coefficient (Wildman–Crippen LogP) is 3.23. The van der Waals surface area contributed by atoms with E-state index in [-0.39, 0.29) is 23.8 Å². The van der Waals surface area contributed by atoms with Crippen molar-refractivity contribution < 1.29 is 9.59 Å². The third-order valence-electron chi connectivity index (χ3n) is 4.40. The van der Waals surface area contributed by atoms with Crippen LogP contribution in [0, 0.1) is 0 Å². The highest BCUT2D eigenvalue weighted by Crippen LogP contribution is 2.30. The van der Waals surface area contributed by atoms with Gasteiger partial charge in [-0.05, 0) is 30.3 Å². The molecule has 1 atom stereocenters. The van der Waals surface area contributed by atoms with Crippen LogP contribution in [0.3, 0.4) is 0 Å². The SMILES string of the molecule is O=C1C[C@@H](C(=O)Nc2cccc(Cl)c2)c2c(nc(Nc3ccccc3)[nH]c2=O)N1. The number of amides is 2. The molecule has 0 saturated carbocycles. The van der Waals surface area contributed by atoms with Crippen LogP contribution in [0.1, 0.15) is 17.9 Å². The van der Waals surface area contributed by atoms with Crippen LogP contribution in [0.2, 0.25) is 5.02 Å². The van der Waals surface area contributed by atoms with E-state index >= 15 is 0 Å². The molecule has 8 nitrogen and oxygen atoms in total. The molecule has 4 N–H and O–H groups in total. The van der Waals surface area contributed by atoms with Gasteiger partial charge in [-0.25, -0.2) is 0 Å². The van der Waals surface area contributed by atoms with Gasteiger partial charge in [-0.1, -0.05) is 35.9 Å². The minimum atomic E-state index is -0.972. The van der Waals surface area contributed by atoms with Gasteiger partial charge in [0.15, 0.2) is 0 Å². The molecule has 1 aliphatic rings. The standard InChI is InChI=1S/C20H16ClN5O3/c21-11-5-4-8-13(9-11)22-18(28)14-10-15(27)24-17-16(14)19(29)26-20(25-17)23-12-6-2-1-3-7-12/h1-9,14H,10H2,(H,22,28)(H3,23,24,25,26,27,29)/t14-/m1/s1. The lowest BCUT2D eigenvalue weighted by molar-refractivity contribution is -0.123. The Morgan fingerprint density at radius 2 is 1.83 bits per heavy atom. The highest BCUT2D eigenvalue weighted by atomic mass is 35.5. The van der Waals surface area contributed by atoms with Crippen molar-refractivity contribution in [3.63, 3.8) is 0 Å². The van der Waals surface area contributed by atoms with E-state index in [0.717, 1.165) is 0 Å². The summed E-state index contributed by atoms with van der Waals surface area (Å²) in [4.78, 5) is 44.5. The van der Waals surface area contributed by atoms with Gasteiger partial charge in [-0.2, -0.15) is 4.98 Å². The number of benzene rings is 2. The average molecular weight is 410 g/mol. The Hall–Kier alpha value is -3.65. The second-order valence-electron chi connectivity index (χ2n) is 6.47. The molecule has 29 heavy (non-hydrogen) atoms. The van der Waals surface area contributed by atoms with Crippen LogP contribution in [0.25, 0.3) is 0 Å². The monoisotopic (exact) mass is 409 g/mol. The van der Waals surface area contributed by atoms with Gasteiger partial charge in [0.05, 0.1) is 11.5 Å². The van der Waals surface area contributed by atoms with Gasteiger partial charge in [-0.15, -0.1) is 0 Å². The summed E-state index contributed by atoms with van der Waals surface area (Å²) in [6, 6.07) is 15.7. The first-order chi connectivity index (χ1) is 14.0. The molecule has 4 rings (SSSR count). The van der Waals surface area contributed by atoms with E-state index in [1.165, 1.54) is 0 Å². The Kier molecular flexibility index (Phi) is 5.01. The molecule has 0 bridgehead atoms. The molecule has 2 amide bonds. The number of para-hydroxylation sites is 1. The zero-order chi connectivity index (χ0) is 20.4. The lowest BCUT2D eigenvalue weighted by Gasteiger charge is -2.23. The van der Waals surface area contributed by atoms with Crippen LogP contribution in [-0.2, 0) is 9.59 Å². The molecule has 9 heteroatoms. The van der Waals surface area contributed by atoms with E-state index in [4.69, 9.17) is 11.6 Å². The van der Waals surface area contributed by atoms with Gasteiger partial charge in [0.2, 0.25) is 17.8 Å². The van der Waals surface area contributed by atoms with Crippen molar-refractivity contribution in [3.8, 4) is 0 Å². The number of anilines is 4.